The Kier molecular flexibility index (Phi) is 6.10. The Morgan fingerprint density at radius 2 is 1.04 bits per heavy atom. The van der Waals surface area contributed by atoms with Crippen molar-refractivity contribution in [3.8, 4) is 67.2 Å². The molecule has 9 aromatic rings. The summed E-state index contributed by atoms with van der Waals surface area (Å²) in [5.41, 5.74) is 18.0. The summed E-state index contributed by atoms with van der Waals surface area (Å²) in [5.74, 6) is 0.510. The molecule has 0 fully saturated rings. The van der Waals surface area contributed by atoms with Gasteiger partial charge in [0.15, 0.2) is 5.52 Å². The maximum Gasteiger partial charge on any atom is 0.251 e. The summed E-state index contributed by atoms with van der Waals surface area (Å²) >= 11 is 0. The van der Waals surface area contributed by atoms with Crippen LogP contribution in [0.15, 0.2) is 175 Å². The van der Waals surface area contributed by atoms with E-state index < -0.39 is 5.41 Å². The average molecular weight is 665 g/mol. The lowest BCUT2D eigenvalue weighted by atomic mass is 9.70. The zero-order chi connectivity index (χ0) is 34.2. The molecule has 2 aliphatic rings. The SMILES string of the molecule is c1cncc(-c2cccc(-c3ccc(-c4nc5c(-c6ccc7c(c6)C6(c8ccccc8-c8ccccc86)c6ccccc6-7)ncnc5o4)cc3)c2)c1. The first kappa shape index (κ1) is 28.8. The molecule has 0 atom stereocenters. The molecule has 0 bridgehead atoms. The summed E-state index contributed by atoms with van der Waals surface area (Å²) in [7, 11) is 0. The third kappa shape index (κ3) is 4.05. The molecule has 242 valence electrons. The largest absolute Gasteiger partial charge is 0.418 e. The quantitative estimate of drug-likeness (QED) is 0.187. The molecular formula is C47H28N4O. The molecule has 3 heterocycles. The smallest absolute Gasteiger partial charge is 0.251 e. The summed E-state index contributed by atoms with van der Waals surface area (Å²) in [6.45, 7) is 0. The lowest BCUT2D eigenvalue weighted by Gasteiger charge is -2.30. The van der Waals surface area contributed by atoms with Gasteiger partial charge in [0.25, 0.3) is 5.71 Å². The van der Waals surface area contributed by atoms with Crippen LogP contribution in [0.5, 0.6) is 0 Å². The van der Waals surface area contributed by atoms with E-state index in [0.717, 1.165) is 39.1 Å². The topological polar surface area (TPSA) is 64.7 Å². The first-order valence-electron chi connectivity index (χ1n) is 17.4. The van der Waals surface area contributed by atoms with Crippen LogP contribution in [0.25, 0.3) is 78.4 Å². The van der Waals surface area contributed by atoms with Crippen LogP contribution in [0.2, 0.25) is 0 Å². The zero-order valence-electron chi connectivity index (χ0n) is 27.9. The Morgan fingerprint density at radius 1 is 0.442 bits per heavy atom. The summed E-state index contributed by atoms with van der Waals surface area (Å²) in [4.78, 5) is 18.6. The van der Waals surface area contributed by atoms with Gasteiger partial charge in [-0.05, 0) is 91.5 Å². The average Bonchev–Trinajstić information content (AvgIpc) is 3.88. The second-order valence-electron chi connectivity index (χ2n) is 13.4. The molecule has 0 unspecified atom stereocenters. The van der Waals surface area contributed by atoms with Gasteiger partial charge in [-0.1, -0.05) is 121 Å². The Labute approximate surface area is 300 Å². The molecule has 0 saturated heterocycles. The van der Waals surface area contributed by atoms with E-state index in [-0.39, 0.29) is 0 Å². The fraction of sp³-hybridized carbons (Fsp3) is 0.0213. The molecule has 0 saturated carbocycles. The van der Waals surface area contributed by atoms with Crippen molar-refractivity contribution in [1.82, 2.24) is 19.9 Å². The van der Waals surface area contributed by atoms with Crippen molar-refractivity contribution in [1.29, 1.82) is 0 Å². The van der Waals surface area contributed by atoms with Crippen LogP contribution in [0.1, 0.15) is 22.3 Å². The number of nitrogens with zero attached hydrogens (tertiary/aromatic N) is 4. The number of pyridine rings is 1. The molecule has 2 aliphatic carbocycles. The van der Waals surface area contributed by atoms with E-state index in [1.807, 2.05) is 12.3 Å². The van der Waals surface area contributed by atoms with E-state index in [2.05, 4.69) is 156 Å². The van der Waals surface area contributed by atoms with Crippen LogP contribution in [-0.2, 0) is 5.41 Å². The number of oxazole rings is 1. The van der Waals surface area contributed by atoms with Crippen molar-refractivity contribution in [3.05, 3.63) is 193 Å². The van der Waals surface area contributed by atoms with Crippen LogP contribution in [0.3, 0.4) is 0 Å². The van der Waals surface area contributed by atoms with Crippen molar-refractivity contribution >= 4 is 11.2 Å². The fourth-order valence-corrected chi connectivity index (χ4v) is 8.55. The van der Waals surface area contributed by atoms with Crippen molar-refractivity contribution in [2.45, 2.75) is 5.41 Å². The molecule has 0 N–H and O–H groups in total. The number of fused-ring (bicyclic) bond motifs is 11. The molecule has 11 rings (SSSR count). The van der Waals surface area contributed by atoms with Crippen LogP contribution in [-0.4, -0.2) is 19.9 Å². The van der Waals surface area contributed by atoms with Gasteiger partial charge >= 0.3 is 0 Å². The monoisotopic (exact) mass is 664 g/mol. The maximum atomic E-state index is 6.30. The predicted molar refractivity (Wildman–Crippen MR) is 205 cm³/mol. The number of hydrogen-bond donors (Lipinski definition) is 0. The van der Waals surface area contributed by atoms with Crippen LogP contribution >= 0.6 is 0 Å². The van der Waals surface area contributed by atoms with E-state index in [0.29, 0.717) is 17.1 Å². The van der Waals surface area contributed by atoms with Crippen LogP contribution in [0.4, 0.5) is 0 Å². The minimum Gasteiger partial charge on any atom is -0.418 e. The van der Waals surface area contributed by atoms with Crippen molar-refractivity contribution in [2.75, 3.05) is 0 Å². The van der Waals surface area contributed by atoms with E-state index in [1.54, 1.807) is 12.5 Å². The van der Waals surface area contributed by atoms with Crippen molar-refractivity contribution in [3.63, 3.8) is 0 Å². The molecule has 1 spiro atoms. The standard InChI is InChI=1S/C47H28N4O/c1-4-15-39-35(12-1)36-13-2-5-16-40(36)47(39)41-17-6-3-14-37(41)38-23-22-33(26-42(38)47)43-44-46(50-28-49-43)52-45(51-44)30-20-18-29(19-21-30)31-9-7-10-32(25-31)34-11-8-24-48-27-34/h1-28H. The summed E-state index contributed by atoms with van der Waals surface area (Å²) < 4.78 is 6.30. The summed E-state index contributed by atoms with van der Waals surface area (Å²) in [6.07, 6.45) is 5.25. The lowest BCUT2D eigenvalue weighted by Crippen LogP contribution is -2.25. The van der Waals surface area contributed by atoms with E-state index >= 15 is 0 Å². The van der Waals surface area contributed by atoms with Gasteiger partial charge in [0.2, 0.25) is 5.89 Å². The molecular weight excluding hydrogens is 637 g/mol. The van der Waals surface area contributed by atoms with Crippen LogP contribution in [0, 0.1) is 0 Å². The highest BCUT2D eigenvalue weighted by Gasteiger charge is 2.51. The van der Waals surface area contributed by atoms with Gasteiger partial charge in [0, 0.05) is 29.1 Å². The number of rotatable bonds is 4. The Bertz CT molecular complexity index is 2790. The summed E-state index contributed by atoms with van der Waals surface area (Å²) in [6, 6.07) is 54.1. The first-order chi connectivity index (χ1) is 25.8. The highest BCUT2D eigenvalue weighted by molar-refractivity contribution is 5.97. The molecule has 0 radical (unpaired) electrons. The van der Waals surface area contributed by atoms with Crippen molar-refractivity contribution in [2.24, 2.45) is 0 Å². The number of aromatic nitrogens is 4. The predicted octanol–water partition coefficient (Wildman–Crippen LogP) is 11.0. The lowest BCUT2D eigenvalue weighted by molar-refractivity contribution is 0.607. The highest BCUT2D eigenvalue weighted by atomic mass is 16.4. The molecule has 5 nitrogen and oxygen atoms in total. The van der Waals surface area contributed by atoms with Crippen LogP contribution < -0.4 is 0 Å². The molecule has 3 aromatic heterocycles. The van der Waals surface area contributed by atoms with Gasteiger partial charge in [0.05, 0.1) is 5.41 Å². The number of hydrogen-bond acceptors (Lipinski definition) is 5. The molecule has 5 heteroatoms. The third-order valence-corrected chi connectivity index (χ3v) is 10.8. The van der Waals surface area contributed by atoms with Gasteiger partial charge in [0.1, 0.15) is 12.0 Å². The molecule has 0 aliphatic heterocycles. The zero-order valence-corrected chi connectivity index (χ0v) is 27.9. The summed E-state index contributed by atoms with van der Waals surface area (Å²) in [5, 5.41) is 0. The van der Waals surface area contributed by atoms with Gasteiger partial charge in [-0.3, -0.25) is 4.98 Å². The second kappa shape index (κ2) is 11.0. The fourth-order valence-electron chi connectivity index (χ4n) is 8.55. The molecule has 52 heavy (non-hydrogen) atoms. The van der Waals surface area contributed by atoms with Gasteiger partial charge in [-0.15, -0.1) is 0 Å². The van der Waals surface area contributed by atoms with E-state index in [4.69, 9.17) is 14.4 Å². The minimum absolute atomic E-state index is 0.435. The van der Waals surface area contributed by atoms with Gasteiger partial charge < -0.3 is 4.42 Å². The van der Waals surface area contributed by atoms with Crippen molar-refractivity contribution < 1.29 is 4.42 Å². The molecule has 6 aromatic carbocycles. The van der Waals surface area contributed by atoms with Gasteiger partial charge in [-0.25, -0.2) is 9.97 Å². The Morgan fingerprint density at radius 3 is 1.71 bits per heavy atom. The first-order valence-corrected chi connectivity index (χ1v) is 17.4. The maximum absolute atomic E-state index is 6.30. The third-order valence-electron chi connectivity index (χ3n) is 10.8. The van der Waals surface area contributed by atoms with E-state index in [1.165, 1.54) is 44.5 Å². The Balaban J connectivity index is 1.01. The van der Waals surface area contributed by atoms with Gasteiger partial charge in [-0.2, -0.15) is 4.98 Å². The normalized spacial score (nSPS) is 13.2. The van der Waals surface area contributed by atoms with E-state index in [9.17, 15) is 0 Å². The molecule has 0 amide bonds. The highest BCUT2D eigenvalue weighted by Crippen LogP contribution is 2.63. The minimum atomic E-state index is -0.435. The Hall–Kier alpha value is -6.98. The second-order valence-corrected chi connectivity index (χ2v) is 13.4. The number of benzene rings is 6.